The molecule has 208 valence electrons. The van der Waals surface area contributed by atoms with Crippen LogP contribution in [0, 0.1) is 23.7 Å². The fourth-order valence-corrected chi connectivity index (χ4v) is 14.7. The van der Waals surface area contributed by atoms with Gasteiger partial charge in [0.2, 0.25) is 8.32 Å². The largest absolute Gasteiger partial charge is 0.462 e. The normalized spacial score (nSPS) is 32.5. The van der Waals surface area contributed by atoms with E-state index in [1.807, 2.05) is 0 Å². The number of carbonyl (C=O) groups excluding carboxylic acids is 1. The molecule has 0 unspecified atom stereocenters. The lowest BCUT2D eigenvalue weighted by atomic mass is 9.62. The second kappa shape index (κ2) is 10.8. The molecule has 0 saturated heterocycles. The van der Waals surface area contributed by atoms with Crippen LogP contribution in [-0.2, 0) is 19.4 Å². The summed E-state index contributed by atoms with van der Waals surface area (Å²) in [6.07, 6.45) is 7.62. The third-order valence-corrected chi connectivity index (χ3v) is 17.2. The molecule has 3 aliphatic carbocycles. The number of rotatable bonds is 9. The van der Waals surface area contributed by atoms with Gasteiger partial charge in [-0.05, 0) is 71.5 Å². The van der Waals surface area contributed by atoms with E-state index in [-0.39, 0.29) is 29.0 Å². The molecule has 0 spiro atoms. The molecule has 0 bridgehead atoms. The quantitative estimate of drug-likeness (QED) is 0.238. The lowest BCUT2D eigenvalue weighted by Crippen LogP contribution is -2.65. The molecule has 37 heavy (non-hydrogen) atoms. The first kappa shape index (κ1) is 28.9. The van der Waals surface area contributed by atoms with Gasteiger partial charge in [-0.25, -0.2) is 0 Å². The molecule has 0 aromatic heterocycles. The van der Waals surface area contributed by atoms with Crippen molar-refractivity contribution in [3.05, 3.63) is 35.9 Å². The van der Waals surface area contributed by atoms with E-state index in [4.69, 9.17) is 9.16 Å². The summed E-state index contributed by atoms with van der Waals surface area (Å²) in [7, 11) is -2.10. The number of hydrogen-bond donors (Lipinski definition) is 0. The number of carbonyl (C=O) groups is 1. The Morgan fingerprint density at radius 1 is 0.946 bits per heavy atom. The lowest BCUT2D eigenvalue weighted by molar-refractivity contribution is -0.190. The SMILES string of the molecule is CC(C)[Si](O[C@]12CCC[C@H]1C[C@H]2C(=O)O[C@@H]1C[C@H](C)CC[C@H]1C(C)(C)c1ccccc1)(C(C)C)C(C)C. The Morgan fingerprint density at radius 2 is 1.57 bits per heavy atom. The highest BCUT2D eigenvalue weighted by Gasteiger charge is 2.65. The van der Waals surface area contributed by atoms with Gasteiger partial charge in [-0.15, -0.1) is 0 Å². The summed E-state index contributed by atoms with van der Waals surface area (Å²) in [5.74, 6) is 1.39. The maximum Gasteiger partial charge on any atom is 0.312 e. The summed E-state index contributed by atoms with van der Waals surface area (Å²) in [4.78, 5) is 14.1. The van der Waals surface area contributed by atoms with E-state index in [1.54, 1.807) is 0 Å². The van der Waals surface area contributed by atoms with Crippen LogP contribution in [0.1, 0.15) is 113 Å². The lowest BCUT2D eigenvalue weighted by Gasteiger charge is -2.58. The fraction of sp³-hybridized carbons (Fsp3) is 0.788. The van der Waals surface area contributed by atoms with Crippen LogP contribution >= 0.6 is 0 Å². The standard InChI is InChI=1S/C33H54O3Si/c1-22(2)37(23(3)4,24(5)6)36-33-19-13-16-27(33)21-29(33)31(34)35-30-20-25(7)17-18-28(30)32(8,9)26-14-11-10-12-15-26/h10-12,14-15,22-25,27-30H,13,16-21H2,1-9H3/t25-,27+,28-,29+,30-,33-/m1/s1. The first-order valence-corrected chi connectivity index (χ1v) is 17.5. The average molecular weight is 527 g/mol. The van der Waals surface area contributed by atoms with Crippen molar-refractivity contribution >= 4 is 14.3 Å². The number of benzene rings is 1. The topological polar surface area (TPSA) is 35.5 Å². The zero-order valence-electron chi connectivity index (χ0n) is 25.2. The molecule has 0 N–H and O–H groups in total. The maximum atomic E-state index is 14.1. The van der Waals surface area contributed by atoms with Crippen molar-refractivity contribution in [2.45, 2.75) is 141 Å². The highest BCUT2D eigenvalue weighted by Crippen LogP contribution is 2.61. The van der Waals surface area contributed by atoms with Gasteiger partial charge in [0, 0.05) is 5.92 Å². The van der Waals surface area contributed by atoms with E-state index in [9.17, 15) is 4.79 Å². The van der Waals surface area contributed by atoms with Crippen molar-refractivity contribution in [1.29, 1.82) is 0 Å². The van der Waals surface area contributed by atoms with Crippen molar-refractivity contribution in [2.75, 3.05) is 0 Å². The molecular weight excluding hydrogens is 472 g/mol. The summed E-state index contributed by atoms with van der Waals surface area (Å²) >= 11 is 0. The van der Waals surface area contributed by atoms with E-state index < -0.39 is 8.32 Å². The molecule has 4 rings (SSSR count). The molecule has 0 radical (unpaired) electrons. The first-order valence-electron chi connectivity index (χ1n) is 15.3. The van der Waals surface area contributed by atoms with Crippen molar-refractivity contribution < 1.29 is 14.0 Å². The minimum atomic E-state index is -2.10. The van der Waals surface area contributed by atoms with Gasteiger partial charge in [0.05, 0.1) is 11.5 Å². The van der Waals surface area contributed by atoms with Gasteiger partial charge in [0.25, 0.3) is 0 Å². The van der Waals surface area contributed by atoms with E-state index in [1.165, 1.54) is 24.8 Å². The van der Waals surface area contributed by atoms with Gasteiger partial charge < -0.3 is 9.16 Å². The zero-order chi connectivity index (χ0) is 27.2. The van der Waals surface area contributed by atoms with Crippen LogP contribution in [-0.4, -0.2) is 26.0 Å². The van der Waals surface area contributed by atoms with Crippen LogP contribution in [0.25, 0.3) is 0 Å². The average Bonchev–Trinajstić information content (AvgIpc) is 3.12. The second-order valence-electron chi connectivity index (χ2n) is 14.3. The Hall–Kier alpha value is -1.13. The van der Waals surface area contributed by atoms with Crippen LogP contribution in [0.5, 0.6) is 0 Å². The minimum Gasteiger partial charge on any atom is -0.462 e. The summed E-state index contributed by atoms with van der Waals surface area (Å²) in [5, 5.41) is 0. The smallest absolute Gasteiger partial charge is 0.312 e. The van der Waals surface area contributed by atoms with Gasteiger partial charge in [-0.3, -0.25) is 4.79 Å². The monoisotopic (exact) mass is 526 g/mol. The van der Waals surface area contributed by atoms with E-state index in [0.29, 0.717) is 34.4 Å². The van der Waals surface area contributed by atoms with Crippen LogP contribution < -0.4 is 0 Å². The highest BCUT2D eigenvalue weighted by atomic mass is 28.4. The fourth-order valence-electron chi connectivity index (χ4n) is 8.95. The van der Waals surface area contributed by atoms with Gasteiger partial charge in [0.1, 0.15) is 6.10 Å². The Bertz CT molecular complexity index is 901. The van der Waals surface area contributed by atoms with Gasteiger partial charge >= 0.3 is 5.97 Å². The van der Waals surface area contributed by atoms with Crippen LogP contribution in [0.2, 0.25) is 16.6 Å². The third-order valence-electron chi connectivity index (χ3n) is 11.0. The summed E-state index contributed by atoms with van der Waals surface area (Å²) in [6.45, 7) is 21.2. The number of esters is 1. The predicted molar refractivity (Wildman–Crippen MR) is 156 cm³/mol. The van der Waals surface area contributed by atoms with E-state index >= 15 is 0 Å². The highest BCUT2D eigenvalue weighted by molar-refractivity contribution is 6.77. The Kier molecular flexibility index (Phi) is 8.42. The first-order chi connectivity index (χ1) is 17.4. The van der Waals surface area contributed by atoms with E-state index in [2.05, 4.69) is 92.6 Å². The molecule has 0 amide bonds. The second-order valence-corrected chi connectivity index (χ2v) is 19.7. The molecule has 3 nitrogen and oxygen atoms in total. The van der Waals surface area contributed by atoms with Crippen LogP contribution in [0.4, 0.5) is 0 Å². The van der Waals surface area contributed by atoms with Crippen LogP contribution in [0.3, 0.4) is 0 Å². The molecule has 3 saturated carbocycles. The van der Waals surface area contributed by atoms with Crippen molar-refractivity contribution in [1.82, 2.24) is 0 Å². The molecule has 3 aliphatic rings. The van der Waals surface area contributed by atoms with Crippen molar-refractivity contribution in [3.63, 3.8) is 0 Å². The summed E-state index contributed by atoms with van der Waals surface area (Å²) in [5.41, 5.74) is 2.59. The molecule has 3 fully saturated rings. The Balaban J connectivity index is 1.58. The van der Waals surface area contributed by atoms with Gasteiger partial charge in [-0.2, -0.15) is 0 Å². The molecule has 0 heterocycles. The Morgan fingerprint density at radius 3 is 2.14 bits per heavy atom. The van der Waals surface area contributed by atoms with Crippen molar-refractivity contribution in [3.8, 4) is 0 Å². The summed E-state index contributed by atoms with van der Waals surface area (Å²) < 4.78 is 14.1. The third kappa shape index (κ3) is 4.99. The van der Waals surface area contributed by atoms with Crippen molar-refractivity contribution in [2.24, 2.45) is 23.7 Å². The van der Waals surface area contributed by atoms with Gasteiger partial charge in [-0.1, -0.05) is 105 Å². The number of fused-ring (bicyclic) bond motifs is 1. The molecule has 4 heteroatoms. The molecular formula is C33H54O3Si. The van der Waals surface area contributed by atoms with Crippen LogP contribution in [0.15, 0.2) is 30.3 Å². The molecule has 1 aromatic carbocycles. The summed E-state index contributed by atoms with van der Waals surface area (Å²) in [6, 6.07) is 10.8. The molecule has 6 atom stereocenters. The predicted octanol–water partition coefficient (Wildman–Crippen LogP) is 9.06. The maximum absolute atomic E-state index is 14.1. The van der Waals surface area contributed by atoms with Gasteiger partial charge in [0.15, 0.2) is 0 Å². The number of hydrogen-bond acceptors (Lipinski definition) is 3. The molecule has 1 aromatic rings. The number of ether oxygens (including phenoxy) is 1. The zero-order valence-corrected chi connectivity index (χ0v) is 26.2. The minimum absolute atomic E-state index is 0.0220. The molecule has 0 aliphatic heterocycles. The Labute approximate surface area is 228 Å². The van der Waals surface area contributed by atoms with E-state index in [0.717, 1.165) is 25.7 Å².